The maximum absolute atomic E-state index is 12.1. The molecule has 1 aliphatic rings. The van der Waals surface area contributed by atoms with E-state index in [1.54, 1.807) is 11.4 Å². The molecule has 0 saturated carbocycles. The van der Waals surface area contributed by atoms with Crippen LogP contribution in [0.15, 0.2) is 60.8 Å². The zero-order valence-electron chi connectivity index (χ0n) is 20.9. The van der Waals surface area contributed by atoms with Crippen LogP contribution < -0.4 is 15.5 Å². The molecule has 17 nitrogen and oxygen atoms in total. The molecule has 41 heavy (non-hydrogen) atoms. The Morgan fingerprint density at radius 2 is 1.56 bits per heavy atom. The quantitative estimate of drug-likeness (QED) is 0.0761. The van der Waals surface area contributed by atoms with Gasteiger partial charge in [-0.2, -0.15) is 5.26 Å². The Bertz CT molecular complexity index is 1470. The van der Waals surface area contributed by atoms with Gasteiger partial charge in [0, 0.05) is 28.7 Å². The van der Waals surface area contributed by atoms with E-state index >= 15 is 0 Å². The Morgan fingerprint density at radius 1 is 0.951 bits per heavy atom. The van der Waals surface area contributed by atoms with Gasteiger partial charge < -0.3 is 51.3 Å². The van der Waals surface area contributed by atoms with E-state index in [2.05, 4.69) is 20.0 Å². The van der Waals surface area contributed by atoms with Crippen molar-refractivity contribution in [3.63, 3.8) is 0 Å². The van der Waals surface area contributed by atoms with E-state index in [1.165, 1.54) is 42.6 Å². The van der Waals surface area contributed by atoms with Gasteiger partial charge in [-0.15, -0.1) is 0 Å². The highest BCUT2D eigenvalue weighted by Gasteiger charge is 2.72. The van der Waals surface area contributed by atoms with Gasteiger partial charge in [0.25, 0.3) is 11.8 Å². The number of morpholine rings is 1. The first-order valence-electron chi connectivity index (χ1n) is 11.5. The second-order valence-electron chi connectivity index (χ2n) is 9.05. The van der Waals surface area contributed by atoms with Gasteiger partial charge in [0.2, 0.25) is 11.6 Å². The van der Waals surface area contributed by atoms with Crippen LogP contribution in [-0.4, -0.2) is 99.1 Å². The molecule has 1 unspecified atom stereocenters. The van der Waals surface area contributed by atoms with Gasteiger partial charge in [-0.05, 0) is 42.5 Å². The molecule has 0 spiro atoms. The number of nitrogens with zero attached hydrogens (tertiary/aromatic N) is 4. The molecule has 1 aromatic heterocycles. The molecular weight excluding hydrogens is 547 g/mol. The van der Waals surface area contributed by atoms with E-state index in [0.717, 1.165) is 18.2 Å². The van der Waals surface area contributed by atoms with Crippen molar-refractivity contribution in [1.82, 2.24) is 15.3 Å². The summed E-state index contributed by atoms with van der Waals surface area (Å²) in [5, 5.41) is 103. The lowest BCUT2D eigenvalue weighted by molar-refractivity contribution is -0.550. The van der Waals surface area contributed by atoms with Crippen LogP contribution in [0.2, 0.25) is 0 Å². The first-order valence-corrected chi connectivity index (χ1v) is 11.5. The lowest BCUT2D eigenvalue weighted by Crippen LogP contribution is -2.85. The predicted molar refractivity (Wildman–Crippen MR) is 136 cm³/mol. The fourth-order valence-electron chi connectivity index (χ4n) is 3.80. The fourth-order valence-corrected chi connectivity index (χ4v) is 3.80. The molecule has 214 valence electrons. The summed E-state index contributed by atoms with van der Waals surface area (Å²) in [6.07, 6.45) is 1.42. The van der Waals surface area contributed by atoms with Crippen LogP contribution >= 0.6 is 0 Å². The van der Waals surface area contributed by atoms with Gasteiger partial charge in [0.05, 0.1) is 5.69 Å². The maximum atomic E-state index is 12.1. The highest BCUT2D eigenvalue weighted by atomic mass is 16.9. The Hall–Kier alpha value is -4.26. The van der Waals surface area contributed by atoms with E-state index in [1.807, 2.05) is 0 Å². The van der Waals surface area contributed by atoms with Crippen molar-refractivity contribution < 1.29 is 55.5 Å². The van der Waals surface area contributed by atoms with Crippen LogP contribution in [-0.2, 0) is 4.74 Å². The molecule has 1 atom stereocenters. The molecular formula is C23H23BN6O11. The fraction of sp³-hybridized carbons (Fsp3) is 0.217. The minimum atomic E-state index is -3.85. The minimum absolute atomic E-state index is 0.0370. The van der Waals surface area contributed by atoms with Crippen molar-refractivity contribution in [3.8, 4) is 17.3 Å². The lowest BCUT2D eigenvalue weighted by Gasteiger charge is -2.57. The first-order chi connectivity index (χ1) is 18.9. The summed E-state index contributed by atoms with van der Waals surface area (Å²) in [6, 6.07) is 13.3. The van der Waals surface area contributed by atoms with Gasteiger partial charge in [-0.1, -0.05) is 12.1 Å². The van der Waals surface area contributed by atoms with Gasteiger partial charge >= 0.3 is 17.8 Å². The third-order valence-corrected chi connectivity index (χ3v) is 5.95. The zero-order chi connectivity index (χ0) is 30.4. The first kappa shape index (κ1) is 29.7. The van der Waals surface area contributed by atoms with Crippen LogP contribution in [0, 0.1) is 11.3 Å². The Labute approximate surface area is 230 Å². The molecule has 0 radical (unpaired) electrons. The number of carbonyl (C=O) groups is 1. The van der Waals surface area contributed by atoms with E-state index < -0.39 is 41.0 Å². The van der Waals surface area contributed by atoms with Crippen molar-refractivity contribution in [3.05, 3.63) is 66.4 Å². The summed E-state index contributed by atoms with van der Waals surface area (Å²) in [4.78, 5) is 20.4. The van der Waals surface area contributed by atoms with Crippen LogP contribution in [0.3, 0.4) is 0 Å². The van der Waals surface area contributed by atoms with Gasteiger partial charge in [0.15, 0.2) is 13.9 Å². The Morgan fingerprint density at radius 3 is 2.15 bits per heavy atom. The largest absolute Gasteiger partial charge is 0.367 e. The molecule has 1 aliphatic heterocycles. The van der Waals surface area contributed by atoms with E-state index in [9.17, 15) is 50.8 Å². The van der Waals surface area contributed by atoms with Crippen LogP contribution in [0.5, 0.6) is 0 Å². The molecule has 2 aromatic carbocycles. The molecule has 4 rings (SSSR count). The molecule has 1 saturated heterocycles. The van der Waals surface area contributed by atoms with E-state index in [0.29, 0.717) is 24.8 Å². The SMILES string of the molecule is BC1(O)OC(O)(O)C(O)(O)N(c2ccc(Nc3nccc(-c4ccc(C(=O)NC(O)(O)C#N)cc4)n3)cc2)C1(O)O. The van der Waals surface area contributed by atoms with Crippen LogP contribution in [0.1, 0.15) is 10.4 Å². The summed E-state index contributed by atoms with van der Waals surface area (Å²) >= 11 is 0. The standard InChI is InChI=1S/C23H23BN6O11/c24-20(34)21(35,36)30(22(37,38)23(39,40)41-20)15-7-5-14(6-8-15)27-18-26-10-9-16(28-18)12-1-3-13(4-2-12)17(31)29-19(32,33)11-25/h1-10,32-40H,24H2,(H,29,31)(H,26,27,28). The number of amides is 1. The van der Waals surface area contributed by atoms with Crippen molar-refractivity contribution in [2.45, 2.75) is 29.4 Å². The number of anilines is 3. The smallest absolute Gasteiger partial charge is 0.360 e. The number of hydrogen-bond donors (Lipinski definition) is 11. The zero-order valence-corrected chi connectivity index (χ0v) is 20.9. The number of aromatic nitrogens is 2. The average Bonchev–Trinajstić information content (AvgIpc) is 2.88. The highest BCUT2D eigenvalue weighted by molar-refractivity contribution is 6.14. The van der Waals surface area contributed by atoms with E-state index in [4.69, 9.17) is 5.26 Å². The number of nitrogens with one attached hydrogen (secondary N) is 2. The third kappa shape index (κ3) is 5.54. The van der Waals surface area contributed by atoms with Gasteiger partial charge in [-0.25, -0.2) is 9.97 Å². The van der Waals surface area contributed by atoms with Crippen molar-refractivity contribution >= 4 is 31.1 Å². The topological polar surface area (TPSA) is 285 Å². The van der Waals surface area contributed by atoms with E-state index in [-0.39, 0.29) is 16.4 Å². The number of nitriles is 1. The maximum Gasteiger partial charge on any atom is 0.360 e. The molecule has 2 heterocycles. The number of aliphatic hydroxyl groups is 9. The van der Waals surface area contributed by atoms with Crippen LogP contribution in [0.25, 0.3) is 11.3 Å². The second-order valence-corrected chi connectivity index (χ2v) is 9.05. The average molecular weight is 570 g/mol. The highest BCUT2D eigenvalue weighted by Crippen LogP contribution is 2.44. The van der Waals surface area contributed by atoms with Crippen LogP contribution in [0.4, 0.5) is 17.3 Å². The molecule has 1 fully saturated rings. The summed E-state index contributed by atoms with van der Waals surface area (Å²) in [5.74, 6) is -15.1. The summed E-state index contributed by atoms with van der Waals surface area (Å²) < 4.78 is 4.28. The van der Waals surface area contributed by atoms with Crippen molar-refractivity contribution in [1.29, 1.82) is 5.26 Å². The molecule has 11 N–H and O–H groups in total. The van der Waals surface area contributed by atoms with Crippen molar-refractivity contribution in [2.24, 2.45) is 0 Å². The summed E-state index contributed by atoms with van der Waals surface area (Å²) in [6.45, 7) is 0. The summed E-state index contributed by atoms with van der Waals surface area (Å²) in [7, 11) is 0.655. The molecule has 3 aromatic rings. The Kier molecular flexibility index (Phi) is 7.24. The lowest BCUT2D eigenvalue weighted by atomic mass is 9.86. The minimum Gasteiger partial charge on any atom is -0.367 e. The normalized spacial score (nSPS) is 21.0. The Balaban J connectivity index is 1.53. The number of hydrogen-bond acceptors (Lipinski definition) is 16. The van der Waals surface area contributed by atoms with Crippen molar-refractivity contribution in [2.75, 3.05) is 10.2 Å². The summed E-state index contributed by atoms with van der Waals surface area (Å²) in [5.41, 5.74) is -2.19. The second kappa shape index (κ2) is 9.98. The molecule has 18 heteroatoms. The number of ether oxygens (including phenoxy) is 1. The molecule has 0 aliphatic carbocycles. The van der Waals surface area contributed by atoms with Gasteiger partial charge in [0.1, 0.15) is 0 Å². The monoisotopic (exact) mass is 570 g/mol. The number of rotatable bonds is 6. The number of carbonyl (C=O) groups excluding carboxylic acids is 1. The van der Waals surface area contributed by atoms with Gasteiger partial charge in [-0.3, -0.25) is 19.7 Å². The predicted octanol–water partition coefficient (Wildman–Crippen LogP) is -4.19. The third-order valence-electron chi connectivity index (χ3n) is 5.95. The molecule has 1 amide bonds. The molecule has 0 bridgehead atoms. The number of benzene rings is 2.